The lowest BCUT2D eigenvalue weighted by atomic mass is 9.96. The van der Waals surface area contributed by atoms with Crippen molar-refractivity contribution in [1.82, 2.24) is 4.90 Å². The standard InChI is InChI=1S/C18H37NO4Si/c1-17(2,3)19(16(21)22)14(11-13-9-10-13)15(12-20)23-24(7,8)18(4,5)6/h13-15,20H,9-12H2,1-8H3,(H,21,22)/t14-,15+/m0/s1. The van der Waals surface area contributed by atoms with Gasteiger partial charge in [0.2, 0.25) is 0 Å². The van der Waals surface area contributed by atoms with Crippen LogP contribution in [0.5, 0.6) is 0 Å². The van der Waals surface area contributed by atoms with Gasteiger partial charge in [-0.1, -0.05) is 33.6 Å². The number of nitrogens with zero attached hydrogens (tertiary/aromatic N) is 1. The Morgan fingerprint density at radius 3 is 2.00 bits per heavy atom. The Hall–Kier alpha value is -0.593. The van der Waals surface area contributed by atoms with E-state index in [-0.39, 0.29) is 17.7 Å². The molecule has 142 valence electrons. The second-order valence-corrected chi connectivity index (χ2v) is 14.4. The Bertz CT molecular complexity index is 435. The third-order valence-corrected chi connectivity index (χ3v) is 9.90. The molecule has 0 aliphatic heterocycles. The van der Waals surface area contributed by atoms with Gasteiger partial charge in [0.05, 0.1) is 18.8 Å². The van der Waals surface area contributed by atoms with Crippen LogP contribution < -0.4 is 0 Å². The Labute approximate surface area is 148 Å². The van der Waals surface area contributed by atoms with Crippen molar-refractivity contribution in [3.05, 3.63) is 0 Å². The van der Waals surface area contributed by atoms with Crippen molar-refractivity contribution in [2.45, 2.75) is 96.6 Å². The molecular weight excluding hydrogens is 322 g/mol. The molecule has 1 aliphatic carbocycles. The Morgan fingerprint density at radius 2 is 1.71 bits per heavy atom. The number of carbonyl (C=O) groups is 1. The van der Waals surface area contributed by atoms with Crippen LogP contribution in [-0.4, -0.2) is 53.8 Å². The van der Waals surface area contributed by atoms with E-state index < -0.39 is 26.1 Å². The fraction of sp³-hybridized carbons (Fsp3) is 0.944. The van der Waals surface area contributed by atoms with Crippen LogP contribution in [0.15, 0.2) is 0 Å². The van der Waals surface area contributed by atoms with Crippen molar-refractivity contribution in [1.29, 1.82) is 0 Å². The summed E-state index contributed by atoms with van der Waals surface area (Å²) in [7, 11) is -2.10. The maximum Gasteiger partial charge on any atom is 0.408 e. The molecule has 1 aliphatic rings. The van der Waals surface area contributed by atoms with Gasteiger partial charge >= 0.3 is 6.09 Å². The number of carboxylic acid groups (broad SMARTS) is 1. The van der Waals surface area contributed by atoms with Gasteiger partial charge in [-0.3, -0.25) is 4.90 Å². The Morgan fingerprint density at radius 1 is 1.21 bits per heavy atom. The summed E-state index contributed by atoms with van der Waals surface area (Å²) in [4.78, 5) is 13.5. The minimum absolute atomic E-state index is 0.0142. The number of aliphatic hydroxyl groups is 1. The summed E-state index contributed by atoms with van der Waals surface area (Å²) in [5, 5.41) is 19.9. The summed E-state index contributed by atoms with van der Waals surface area (Å²) < 4.78 is 6.45. The number of aliphatic hydroxyl groups excluding tert-OH is 1. The molecule has 0 radical (unpaired) electrons. The van der Waals surface area contributed by atoms with Crippen LogP contribution in [0.3, 0.4) is 0 Å². The number of rotatable bonds is 7. The van der Waals surface area contributed by atoms with Gasteiger partial charge in [0, 0.05) is 5.54 Å². The van der Waals surface area contributed by atoms with Gasteiger partial charge in [0.1, 0.15) is 0 Å². The van der Waals surface area contributed by atoms with Crippen molar-refractivity contribution in [3.8, 4) is 0 Å². The summed E-state index contributed by atoms with van der Waals surface area (Å²) in [6, 6.07) is -0.311. The van der Waals surface area contributed by atoms with Crippen LogP contribution in [0.4, 0.5) is 4.79 Å². The molecule has 0 aromatic heterocycles. The quantitative estimate of drug-likeness (QED) is 0.664. The second-order valence-electron chi connectivity index (χ2n) is 9.67. The van der Waals surface area contributed by atoms with E-state index in [0.29, 0.717) is 5.92 Å². The predicted octanol–water partition coefficient (Wildman–Crippen LogP) is 4.32. The third kappa shape index (κ3) is 5.46. The third-order valence-electron chi connectivity index (χ3n) is 5.39. The van der Waals surface area contributed by atoms with Gasteiger partial charge in [-0.15, -0.1) is 0 Å². The van der Waals surface area contributed by atoms with E-state index in [1.54, 1.807) is 0 Å². The summed E-state index contributed by atoms with van der Waals surface area (Å²) in [6.07, 6.45) is 1.65. The predicted molar refractivity (Wildman–Crippen MR) is 99.9 cm³/mol. The zero-order valence-electron chi connectivity index (χ0n) is 16.7. The highest BCUT2D eigenvalue weighted by Crippen LogP contribution is 2.41. The molecule has 24 heavy (non-hydrogen) atoms. The first kappa shape index (κ1) is 21.4. The maximum absolute atomic E-state index is 12.0. The molecule has 0 heterocycles. The van der Waals surface area contributed by atoms with E-state index in [2.05, 4.69) is 33.9 Å². The highest BCUT2D eigenvalue weighted by Gasteiger charge is 2.45. The summed E-state index contributed by atoms with van der Waals surface area (Å²) in [6.45, 7) is 16.3. The minimum atomic E-state index is -2.10. The monoisotopic (exact) mass is 359 g/mol. The number of hydrogen-bond acceptors (Lipinski definition) is 3. The van der Waals surface area contributed by atoms with Crippen molar-refractivity contribution >= 4 is 14.4 Å². The molecule has 0 aromatic rings. The topological polar surface area (TPSA) is 70.0 Å². The van der Waals surface area contributed by atoms with Crippen molar-refractivity contribution in [2.24, 2.45) is 5.92 Å². The smallest absolute Gasteiger partial charge is 0.408 e. The lowest BCUT2D eigenvalue weighted by Crippen LogP contribution is -2.59. The van der Waals surface area contributed by atoms with Crippen molar-refractivity contribution in [3.63, 3.8) is 0 Å². The first-order valence-corrected chi connectivity index (χ1v) is 11.9. The van der Waals surface area contributed by atoms with Crippen LogP contribution in [-0.2, 0) is 4.43 Å². The summed E-state index contributed by atoms with van der Waals surface area (Å²) >= 11 is 0. The van der Waals surface area contributed by atoms with Crippen LogP contribution in [0, 0.1) is 5.92 Å². The van der Waals surface area contributed by atoms with Crippen molar-refractivity contribution in [2.75, 3.05) is 6.61 Å². The molecule has 0 bridgehead atoms. The molecule has 0 spiro atoms. The van der Waals surface area contributed by atoms with E-state index >= 15 is 0 Å². The maximum atomic E-state index is 12.0. The summed E-state index contributed by atoms with van der Waals surface area (Å²) in [5.41, 5.74) is -0.532. The highest BCUT2D eigenvalue weighted by molar-refractivity contribution is 6.74. The van der Waals surface area contributed by atoms with Crippen molar-refractivity contribution < 1.29 is 19.4 Å². The minimum Gasteiger partial charge on any atom is -0.465 e. The van der Waals surface area contributed by atoms with Gasteiger partial charge in [-0.05, 0) is 51.2 Å². The van der Waals surface area contributed by atoms with E-state index in [0.717, 1.165) is 19.3 Å². The molecule has 1 amide bonds. The van der Waals surface area contributed by atoms with Crippen LogP contribution in [0.1, 0.15) is 60.8 Å². The molecule has 2 N–H and O–H groups in total. The van der Waals surface area contributed by atoms with Gasteiger partial charge in [0.25, 0.3) is 0 Å². The fourth-order valence-corrected chi connectivity index (χ4v) is 4.18. The van der Waals surface area contributed by atoms with Crippen LogP contribution in [0.2, 0.25) is 18.1 Å². The van der Waals surface area contributed by atoms with Gasteiger partial charge in [0.15, 0.2) is 8.32 Å². The van der Waals surface area contributed by atoms with Crippen LogP contribution >= 0.6 is 0 Å². The lowest BCUT2D eigenvalue weighted by Gasteiger charge is -2.46. The molecule has 0 aromatic carbocycles. The lowest BCUT2D eigenvalue weighted by molar-refractivity contribution is -0.0145. The first-order valence-electron chi connectivity index (χ1n) is 9.01. The molecule has 0 saturated heterocycles. The van der Waals surface area contributed by atoms with E-state index in [9.17, 15) is 15.0 Å². The molecule has 1 saturated carbocycles. The molecule has 1 fully saturated rings. The van der Waals surface area contributed by atoms with E-state index in [1.165, 1.54) is 4.90 Å². The Kier molecular flexibility index (Phi) is 6.56. The second kappa shape index (κ2) is 7.34. The van der Waals surface area contributed by atoms with Gasteiger partial charge in [-0.2, -0.15) is 0 Å². The van der Waals surface area contributed by atoms with Gasteiger partial charge in [-0.25, -0.2) is 4.79 Å². The SMILES string of the molecule is CC(C)(C)N(C(=O)O)[C@@H](CC1CC1)[C@@H](CO)O[Si](C)(C)C(C)(C)C. The summed E-state index contributed by atoms with van der Waals surface area (Å²) in [5.74, 6) is 0.552. The fourth-order valence-electron chi connectivity index (χ4n) is 2.84. The van der Waals surface area contributed by atoms with E-state index in [4.69, 9.17) is 4.43 Å². The number of amides is 1. The number of hydrogen-bond donors (Lipinski definition) is 2. The average molecular weight is 360 g/mol. The normalized spacial score (nSPS) is 19.0. The first-order chi connectivity index (χ1) is 10.7. The largest absolute Gasteiger partial charge is 0.465 e. The van der Waals surface area contributed by atoms with Gasteiger partial charge < -0.3 is 14.6 Å². The zero-order valence-corrected chi connectivity index (χ0v) is 17.7. The van der Waals surface area contributed by atoms with Crippen LogP contribution in [0.25, 0.3) is 0 Å². The molecular formula is C18H37NO4Si. The molecule has 1 rings (SSSR count). The molecule has 0 unspecified atom stereocenters. The zero-order chi connectivity index (χ0) is 18.9. The molecule has 2 atom stereocenters. The highest BCUT2D eigenvalue weighted by atomic mass is 28.4. The Balaban J connectivity index is 3.13. The van der Waals surface area contributed by atoms with E-state index in [1.807, 2.05) is 20.8 Å². The molecule has 5 nitrogen and oxygen atoms in total. The average Bonchev–Trinajstić information content (AvgIpc) is 3.15. The molecule has 6 heteroatoms.